The molecule has 1 rings (SSSR count). The fourth-order valence-corrected chi connectivity index (χ4v) is 1.18. The molecule has 15 heavy (non-hydrogen) atoms. The average Bonchev–Trinajstić information content (AvgIpc) is 2.27. The van der Waals surface area contributed by atoms with Gasteiger partial charge in [0, 0.05) is 26.3 Å². The van der Waals surface area contributed by atoms with Crippen molar-refractivity contribution in [2.75, 3.05) is 25.5 Å². The van der Waals surface area contributed by atoms with Gasteiger partial charge in [0.05, 0.1) is 0 Å². The van der Waals surface area contributed by atoms with Gasteiger partial charge in [0.1, 0.15) is 5.75 Å². The molecule has 0 unspecified atom stereocenters. The molecule has 0 aromatic heterocycles. The number of rotatable bonds is 2. The van der Waals surface area contributed by atoms with E-state index >= 15 is 0 Å². The topological polar surface area (TPSA) is 43.8 Å². The fraction of sp³-hybridized carbons (Fsp3) is 0.364. The smallest absolute Gasteiger partial charge is 0.323 e. The molecule has 0 atom stereocenters. The molecule has 82 valence electrons. The lowest BCUT2D eigenvalue weighted by molar-refractivity contribution is 0.219. The minimum Gasteiger partial charge on any atom is -0.508 e. The minimum atomic E-state index is -0.0665. The summed E-state index contributed by atoms with van der Waals surface area (Å²) >= 11 is 0. The quantitative estimate of drug-likeness (QED) is 0.806. The first-order chi connectivity index (χ1) is 7.06. The molecule has 4 heteroatoms. The number of benzene rings is 1. The van der Waals surface area contributed by atoms with Crippen molar-refractivity contribution in [1.82, 2.24) is 4.90 Å². The first kappa shape index (κ1) is 11.4. The summed E-state index contributed by atoms with van der Waals surface area (Å²) in [5.41, 5.74) is 0.762. The zero-order chi connectivity index (χ0) is 11.4. The molecule has 0 saturated heterocycles. The van der Waals surface area contributed by atoms with Gasteiger partial charge < -0.3 is 10.0 Å². The van der Waals surface area contributed by atoms with Crippen LogP contribution in [-0.4, -0.2) is 36.7 Å². The Morgan fingerprint density at radius 3 is 2.27 bits per heavy atom. The Hall–Kier alpha value is -1.71. The monoisotopic (exact) mass is 208 g/mol. The van der Waals surface area contributed by atoms with Crippen LogP contribution in [0.15, 0.2) is 24.3 Å². The Morgan fingerprint density at radius 2 is 1.80 bits per heavy atom. The second-order valence-corrected chi connectivity index (χ2v) is 3.37. The Balaban J connectivity index is 2.80. The van der Waals surface area contributed by atoms with E-state index in [4.69, 9.17) is 5.11 Å². The van der Waals surface area contributed by atoms with Gasteiger partial charge in [0.25, 0.3) is 0 Å². The van der Waals surface area contributed by atoms with Crippen molar-refractivity contribution in [3.63, 3.8) is 0 Å². The number of amides is 2. The summed E-state index contributed by atoms with van der Waals surface area (Å²) in [5, 5.41) is 9.12. The van der Waals surface area contributed by atoms with E-state index in [2.05, 4.69) is 0 Å². The number of nitrogens with zero attached hydrogens (tertiary/aromatic N) is 2. The number of phenols is 1. The first-order valence-corrected chi connectivity index (χ1v) is 4.84. The number of urea groups is 1. The normalized spacial score (nSPS) is 9.80. The molecular weight excluding hydrogens is 192 g/mol. The van der Waals surface area contributed by atoms with Crippen LogP contribution < -0.4 is 4.90 Å². The highest BCUT2D eigenvalue weighted by molar-refractivity contribution is 5.91. The number of carbonyl (C=O) groups excluding carboxylic acids is 1. The number of aromatic hydroxyl groups is 1. The molecule has 0 spiro atoms. The molecule has 0 aliphatic heterocycles. The van der Waals surface area contributed by atoms with Crippen molar-refractivity contribution in [2.24, 2.45) is 0 Å². The number of hydrogen-bond acceptors (Lipinski definition) is 2. The molecule has 0 aliphatic carbocycles. The highest BCUT2D eigenvalue weighted by atomic mass is 16.3. The third-order valence-corrected chi connectivity index (χ3v) is 2.32. The van der Waals surface area contributed by atoms with Gasteiger partial charge in [-0.05, 0) is 31.2 Å². The van der Waals surface area contributed by atoms with Crippen LogP contribution >= 0.6 is 0 Å². The molecule has 1 aromatic rings. The van der Waals surface area contributed by atoms with Crippen molar-refractivity contribution < 1.29 is 9.90 Å². The van der Waals surface area contributed by atoms with Crippen molar-refractivity contribution >= 4 is 11.7 Å². The zero-order valence-corrected chi connectivity index (χ0v) is 9.27. The maximum absolute atomic E-state index is 11.7. The molecule has 1 aromatic carbocycles. The molecule has 2 amide bonds. The van der Waals surface area contributed by atoms with Gasteiger partial charge in [-0.1, -0.05) is 0 Å². The summed E-state index contributed by atoms with van der Waals surface area (Å²) in [4.78, 5) is 14.9. The molecule has 0 bridgehead atoms. The predicted octanol–water partition coefficient (Wildman–Crippen LogP) is 1.90. The standard InChI is InChI=1S/C11H16N2O2/c1-4-12(2)11(15)13(3)9-5-7-10(14)8-6-9/h5-8,14H,4H2,1-3H3. The highest BCUT2D eigenvalue weighted by Crippen LogP contribution is 2.17. The summed E-state index contributed by atoms with van der Waals surface area (Å²) in [7, 11) is 3.46. The van der Waals surface area contributed by atoms with Crippen LogP contribution in [0.25, 0.3) is 0 Å². The second-order valence-electron chi connectivity index (χ2n) is 3.37. The molecule has 4 nitrogen and oxygen atoms in total. The molecule has 0 heterocycles. The highest BCUT2D eigenvalue weighted by Gasteiger charge is 2.13. The lowest BCUT2D eigenvalue weighted by Crippen LogP contribution is -2.38. The summed E-state index contributed by atoms with van der Waals surface area (Å²) in [6.45, 7) is 2.59. The van der Waals surface area contributed by atoms with E-state index in [1.165, 1.54) is 0 Å². The van der Waals surface area contributed by atoms with Crippen LogP contribution in [-0.2, 0) is 0 Å². The summed E-state index contributed by atoms with van der Waals surface area (Å²) in [6.07, 6.45) is 0. The van der Waals surface area contributed by atoms with Crippen molar-refractivity contribution in [1.29, 1.82) is 0 Å². The Kier molecular flexibility index (Phi) is 3.55. The molecule has 0 aliphatic rings. The van der Waals surface area contributed by atoms with Crippen molar-refractivity contribution in [3.05, 3.63) is 24.3 Å². The fourth-order valence-electron chi connectivity index (χ4n) is 1.18. The Bertz CT molecular complexity index is 335. The molecule has 0 radical (unpaired) electrons. The summed E-state index contributed by atoms with van der Waals surface area (Å²) in [5.74, 6) is 0.198. The van der Waals surface area contributed by atoms with E-state index in [1.54, 1.807) is 48.2 Å². The Labute approximate surface area is 89.7 Å². The zero-order valence-electron chi connectivity index (χ0n) is 9.27. The lowest BCUT2D eigenvalue weighted by Gasteiger charge is -2.23. The molecule has 0 saturated carbocycles. The maximum Gasteiger partial charge on any atom is 0.323 e. The van der Waals surface area contributed by atoms with Gasteiger partial charge in [-0.25, -0.2) is 4.79 Å². The second kappa shape index (κ2) is 4.68. The SMILES string of the molecule is CCN(C)C(=O)N(C)c1ccc(O)cc1. The van der Waals surface area contributed by atoms with Crippen LogP contribution in [0.2, 0.25) is 0 Å². The van der Waals surface area contributed by atoms with E-state index < -0.39 is 0 Å². The van der Waals surface area contributed by atoms with Crippen LogP contribution in [0.1, 0.15) is 6.92 Å². The first-order valence-electron chi connectivity index (χ1n) is 4.84. The number of carbonyl (C=O) groups is 1. The van der Waals surface area contributed by atoms with E-state index in [9.17, 15) is 4.79 Å². The third-order valence-electron chi connectivity index (χ3n) is 2.32. The van der Waals surface area contributed by atoms with Crippen LogP contribution in [0.5, 0.6) is 5.75 Å². The van der Waals surface area contributed by atoms with Crippen LogP contribution in [0, 0.1) is 0 Å². The number of anilines is 1. The molecular formula is C11H16N2O2. The largest absolute Gasteiger partial charge is 0.508 e. The maximum atomic E-state index is 11.7. The van der Waals surface area contributed by atoms with Gasteiger partial charge in [-0.3, -0.25) is 4.90 Å². The number of hydrogen-bond donors (Lipinski definition) is 1. The van der Waals surface area contributed by atoms with Gasteiger partial charge in [-0.2, -0.15) is 0 Å². The minimum absolute atomic E-state index is 0.0665. The number of phenolic OH excluding ortho intramolecular Hbond substituents is 1. The lowest BCUT2D eigenvalue weighted by atomic mass is 10.3. The summed E-state index contributed by atoms with van der Waals surface area (Å²) in [6, 6.07) is 6.46. The van der Waals surface area contributed by atoms with Crippen molar-refractivity contribution in [2.45, 2.75) is 6.92 Å². The van der Waals surface area contributed by atoms with Crippen LogP contribution in [0.3, 0.4) is 0 Å². The Morgan fingerprint density at radius 1 is 1.27 bits per heavy atom. The van der Waals surface area contributed by atoms with E-state index in [1.807, 2.05) is 6.92 Å². The average molecular weight is 208 g/mol. The van der Waals surface area contributed by atoms with Gasteiger partial charge in [-0.15, -0.1) is 0 Å². The van der Waals surface area contributed by atoms with E-state index in [-0.39, 0.29) is 11.8 Å². The van der Waals surface area contributed by atoms with Gasteiger partial charge in [0.2, 0.25) is 0 Å². The van der Waals surface area contributed by atoms with Crippen molar-refractivity contribution in [3.8, 4) is 5.75 Å². The van der Waals surface area contributed by atoms with Gasteiger partial charge in [0.15, 0.2) is 0 Å². The summed E-state index contributed by atoms with van der Waals surface area (Å²) < 4.78 is 0. The molecule has 0 fully saturated rings. The van der Waals surface area contributed by atoms with Crippen LogP contribution in [0.4, 0.5) is 10.5 Å². The third kappa shape index (κ3) is 2.62. The predicted molar refractivity (Wildman–Crippen MR) is 60.2 cm³/mol. The van der Waals surface area contributed by atoms with Gasteiger partial charge >= 0.3 is 6.03 Å². The molecule has 1 N–H and O–H groups in total. The van der Waals surface area contributed by atoms with E-state index in [0.29, 0.717) is 6.54 Å². The van der Waals surface area contributed by atoms with E-state index in [0.717, 1.165) is 5.69 Å².